The molecule has 1 aromatic rings. The number of allylic oxidation sites excluding steroid dienone is 1. The first-order chi connectivity index (χ1) is 9.22. The van der Waals surface area contributed by atoms with Crippen LogP contribution in [0.1, 0.15) is 50.6 Å². The summed E-state index contributed by atoms with van der Waals surface area (Å²) < 4.78 is 2.52. The van der Waals surface area contributed by atoms with Crippen LogP contribution in [0.2, 0.25) is 0 Å². The fraction of sp³-hybridized carbons (Fsp3) is 0.500. The van der Waals surface area contributed by atoms with E-state index in [0.29, 0.717) is 6.04 Å². The minimum atomic E-state index is 0.379. The standard InChI is InChI=1S/C16H21BrIN/c1-2-10-19-16(12-6-4-3-5-7-12)14-11-13(18)8-9-15(14)17/h6,8-9,11,16,19H,2-5,7,10H2,1H3. The second kappa shape index (κ2) is 7.79. The van der Waals surface area contributed by atoms with Gasteiger partial charge < -0.3 is 5.32 Å². The quantitative estimate of drug-likeness (QED) is 0.471. The van der Waals surface area contributed by atoms with Gasteiger partial charge in [0.1, 0.15) is 0 Å². The van der Waals surface area contributed by atoms with Crippen molar-refractivity contribution in [1.29, 1.82) is 0 Å². The zero-order valence-electron chi connectivity index (χ0n) is 11.4. The second-order valence-corrected chi connectivity index (χ2v) is 7.18. The van der Waals surface area contributed by atoms with Crippen molar-refractivity contribution in [2.24, 2.45) is 0 Å². The van der Waals surface area contributed by atoms with Gasteiger partial charge in [0.15, 0.2) is 0 Å². The van der Waals surface area contributed by atoms with Gasteiger partial charge in [-0.3, -0.25) is 0 Å². The van der Waals surface area contributed by atoms with Gasteiger partial charge in [-0.2, -0.15) is 0 Å². The van der Waals surface area contributed by atoms with Crippen LogP contribution in [0.4, 0.5) is 0 Å². The zero-order chi connectivity index (χ0) is 13.7. The van der Waals surface area contributed by atoms with Crippen molar-refractivity contribution in [3.8, 4) is 0 Å². The fourth-order valence-corrected chi connectivity index (χ4v) is 3.58. The number of benzene rings is 1. The van der Waals surface area contributed by atoms with E-state index in [1.165, 1.54) is 45.7 Å². The van der Waals surface area contributed by atoms with Crippen molar-refractivity contribution in [1.82, 2.24) is 5.32 Å². The van der Waals surface area contributed by atoms with Crippen LogP contribution in [0, 0.1) is 3.57 Å². The monoisotopic (exact) mass is 433 g/mol. The molecule has 1 unspecified atom stereocenters. The Morgan fingerprint density at radius 3 is 2.89 bits per heavy atom. The molecule has 104 valence electrons. The van der Waals surface area contributed by atoms with Crippen molar-refractivity contribution in [2.75, 3.05) is 6.54 Å². The number of nitrogens with one attached hydrogen (secondary N) is 1. The highest BCUT2D eigenvalue weighted by molar-refractivity contribution is 14.1. The maximum Gasteiger partial charge on any atom is 0.0547 e. The van der Waals surface area contributed by atoms with Gasteiger partial charge in [0.05, 0.1) is 6.04 Å². The molecule has 0 amide bonds. The van der Waals surface area contributed by atoms with Gasteiger partial charge in [-0.1, -0.05) is 34.5 Å². The second-order valence-electron chi connectivity index (χ2n) is 5.08. The van der Waals surface area contributed by atoms with Gasteiger partial charge in [0.2, 0.25) is 0 Å². The molecule has 1 atom stereocenters. The lowest BCUT2D eigenvalue weighted by Gasteiger charge is -2.26. The van der Waals surface area contributed by atoms with Crippen LogP contribution < -0.4 is 5.32 Å². The molecule has 1 N–H and O–H groups in total. The first kappa shape index (κ1) is 15.5. The van der Waals surface area contributed by atoms with E-state index in [1.54, 1.807) is 5.57 Å². The topological polar surface area (TPSA) is 12.0 Å². The van der Waals surface area contributed by atoms with E-state index in [1.807, 2.05) is 0 Å². The third kappa shape index (κ3) is 4.30. The van der Waals surface area contributed by atoms with E-state index in [9.17, 15) is 0 Å². The van der Waals surface area contributed by atoms with E-state index in [-0.39, 0.29) is 0 Å². The van der Waals surface area contributed by atoms with E-state index in [4.69, 9.17) is 0 Å². The van der Waals surface area contributed by atoms with Gasteiger partial charge in [-0.25, -0.2) is 0 Å². The van der Waals surface area contributed by atoms with Gasteiger partial charge in [0.25, 0.3) is 0 Å². The SMILES string of the molecule is CCCNC(C1=CCCCC1)c1cc(I)ccc1Br. The van der Waals surface area contributed by atoms with E-state index < -0.39 is 0 Å². The highest BCUT2D eigenvalue weighted by Gasteiger charge is 2.19. The molecule has 1 nitrogen and oxygen atoms in total. The average Bonchev–Trinajstić information content (AvgIpc) is 2.44. The Kier molecular flexibility index (Phi) is 6.36. The summed E-state index contributed by atoms with van der Waals surface area (Å²) in [6.45, 7) is 3.29. The maximum absolute atomic E-state index is 3.72. The molecular formula is C16H21BrIN. The molecule has 2 rings (SSSR count). The number of halogens is 2. The number of hydrogen-bond acceptors (Lipinski definition) is 1. The summed E-state index contributed by atoms with van der Waals surface area (Å²) in [5.74, 6) is 0. The van der Waals surface area contributed by atoms with Gasteiger partial charge in [-0.15, -0.1) is 0 Å². The van der Waals surface area contributed by atoms with Crippen LogP contribution in [0.5, 0.6) is 0 Å². The molecule has 1 aliphatic carbocycles. The van der Waals surface area contributed by atoms with Crippen molar-refractivity contribution in [3.63, 3.8) is 0 Å². The lowest BCUT2D eigenvalue weighted by atomic mass is 9.90. The molecule has 1 aromatic carbocycles. The molecule has 0 aromatic heterocycles. The molecule has 0 radical (unpaired) electrons. The van der Waals surface area contributed by atoms with Crippen LogP contribution in [0.15, 0.2) is 34.3 Å². The van der Waals surface area contributed by atoms with Crippen LogP contribution in [-0.4, -0.2) is 6.54 Å². The zero-order valence-corrected chi connectivity index (χ0v) is 15.1. The summed E-state index contributed by atoms with van der Waals surface area (Å²) in [6, 6.07) is 7.00. The predicted octanol–water partition coefficient (Wildman–Crippen LogP) is 5.59. The lowest BCUT2D eigenvalue weighted by Crippen LogP contribution is -2.25. The largest absolute Gasteiger partial charge is 0.306 e. The van der Waals surface area contributed by atoms with Crippen LogP contribution in [0.3, 0.4) is 0 Å². The van der Waals surface area contributed by atoms with Crippen molar-refractivity contribution >= 4 is 38.5 Å². The fourth-order valence-electron chi connectivity index (χ4n) is 2.59. The van der Waals surface area contributed by atoms with Crippen LogP contribution in [0.25, 0.3) is 0 Å². The molecular weight excluding hydrogens is 413 g/mol. The smallest absolute Gasteiger partial charge is 0.0547 e. The van der Waals surface area contributed by atoms with Gasteiger partial charge in [0, 0.05) is 8.04 Å². The number of rotatable bonds is 5. The first-order valence-electron chi connectivity index (χ1n) is 7.09. The molecule has 19 heavy (non-hydrogen) atoms. The summed E-state index contributed by atoms with van der Waals surface area (Å²) >= 11 is 6.11. The average molecular weight is 434 g/mol. The van der Waals surface area contributed by atoms with Gasteiger partial charge in [-0.05, 0) is 85.0 Å². The molecule has 0 saturated carbocycles. The Morgan fingerprint density at radius 1 is 1.37 bits per heavy atom. The summed E-state index contributed by atoms with van der Waals surface area (Å²) in [6.07, 6.45) is 8.77. The molecule has 0 bridgehead atoms. The Balaban J connectivity index is 2.30. The molecule has 0 aliphatic heterocycles. The Morgan fingerprint density at radius 2 is 2.21 bits per heavy atom. The molecule has 0 saturated heterocycles. The number of hydrogen-bond donors (Lipinski definition) is 1. The van der Waals surface area contributed by atoms with E-state index in [2.05, 4.69) is 75.0 Å². The molecule has 1 aliphatic rings. The minimum absolute atomic E-state index is 0.379. The summed E-state index contributed by atoms with van der Waals surface area (Å²) in [7, 11) is 0. The van der Waals surface area contributed by atoms with Crippen molar-refractivity contribution in [3.05, 3.63) is 43.5 Å². The van der Waals surface area contributed by atoms with Crippen LogP contribution in [-0.2, 0) is 0 Å². The highest BCUT2D eigenvalue weighted by Crippen LogP contribution is 2.34. The maximum atomic E-state index is 3.72. The highest BCUT2D eigenvalue weighted by atomic mass is 127. The Hall–Kier alpha value is 0.130. The summed E-state index contributed by atoms with van der Waals surface area (Å²) in [5.41, 5.74) is 2.95. The van der Waals surface area contributed by atoms with Crippen molar-refractivity contribution in [2.45, 2.75) is 45.1 Å². The Labute approximate surface area is 138 Å². The van der Waals surface area contributed by atoms with Crippen molar-refractivity contribution < 1.29 is 0 Å². The van der Waals surface area contributed by atoms with E-state index >= 15 is 0 Å². The molecule has 3 heteroatoms. The van der Waals surface area contributed by atoms with Gasteiger partial charge >= 0.3 is 0 Å². The summed E-state index contributed by atoms with van der Waals surface area (Å²) in [5, 5.41) is 3.72. The van der Waals surface area contributed by atoms with Crippen LogP contribution >= 0.6 is 38.5 Å². The Bertz CT molecular complexity index is 456. The minimum Gasteiger partial charge on any atom is -0.306 e. The lowest BCUT2D eigenvalue weighted by molar-refractivity contribution is 0.545. The summed E-state index contributed by atoms with van der Waals surface area (Å²) in [4.78, 5) is 0. The predicted molar refractivity (Wildman–Crippen MR) is 94.4 cm³/mol. The third-order valence-corrected chi connectivity index (χ3v) is 4.96. The molecule has 0 fully saturated rings. The normalized spacial score (nSPS) is 17.1. The van der Waals surface area contributed by atoms with E-state index in [0.717, 1.165) is 6.54 Å². The molecule has 0 heterocycles. The first-order valence-corrected chi connectivity index (χ1v) is 8.96. The molecule has 0 spiro atoms. The third-order valence-electron chi connectivity index (χ3n) is 3.56.